The summed E-state index contributed by atoms with van der Waals surface area (Å²) in [6.07, 6.45) is -3.37. The monoisotopic (exact) mass is 489 g/mol. The summed E-state index contributed by atoms with van der Waals surface area (Å²) >= 11 is 3.10. The molecule has 15 nitrogen and oxygen atoms in total. The summed E-state index contributed by atoms with van der Waals surface area (Å²) in [5, 5.41) is 28.3. The zero-order chi connectivity index (χ0) is 22.2. The van der Waals surface area contributed by atoms with Gasteiger partial charge in [0, 0.05) is 6.20 Å². The number of nitrogens with zero attached hydrogens (tertiary/aromatic N) is 2. The summed E-state index contributed by atoms with van der Waals surface area (Å²) in [7, 11) is 0. The predicted octanol–water partition coefficient (Wildman–Crippen LogP) is -3.57. The molecule has 0 aromatic carbocycles. The maximum atomic E-state index is 11.6. The molecule has 4 rings (SSSR count). The molecule has 1 unspecified atom stereocenters. The SMILES string of the molecule is Nc1nc(=O)n(C2O[C@H](CO)[C@@H](O)[C@H]2O)cc1Br.O=c1[nH]c(=O)c2[nH]c(=O)[nH]c2[nH]1. The lowest BCUT2D eigenvalue weighted by atomic mass is 10.1. The van der Waals surface area contributed by atoms with Crippen LogP contribution in [0.1, 0.15) is 6.23 Å². The highest BCUT2D eigenvalue weighted by Crippen LogP contribution is 2.29. The molecule has 0 saturated carbocycles. The fraction of sp³-hybridized carbons (Fsp3) is 0.357. The van der Waals surface area contributed by atoms with E-state index in [4.69, 9.17) is 15.6 Å². The van der Waals surface area contributed by atoms with Crippen LogP contribution in [0.5, 0.6) is 0 Å². The smallest absolute Gasteiger partial charge is 0.351 e. The van der Waals surface area contributed by atoms with Gasteiger partial charge in [0.1, 0.15) is 35.3 Å². The first-order chi connectivity index (χ1) is 14.1. The van der Waals surface area contributed by atoms with E-state index in [0.717, 1.165) is 4.57 Å². The van der Waals surface area contributed by atoms with Crippen molar-refractivity contribution in [1.82, 2.24) is 29.5 Å². The number of halogens is 1. The number of hydrogen-bond acceptors (Lipinski definition) is 10. The van der Waals surface area contributed by atoms with Crippen LogP contribution in [0.4, 0.5) is 5.82 Å². The van der Waals surface area contributed by atoms with Crippen LogP contribution in [0.3, 0.4) is 0 Å². The Kier molecular flexibility index (Phi) is 6.04. The van der Waals surface area contributed by atoms with E-state index < -0.39 is 53.8 Å². The first-order valence-electron chi connectivity index (χ1n) is 8.23. The molecule has 3 aromatic rings. The fourth-order valence-electron chi connectivity index (χ4n) is 2.71. The Morgan fingerprint density at radius 2 is 1.73 bits per heavy atom. The number of anilines is 1. The molecule has 0 spiro atoms. The zero-order valence-corrected chi connectivity index (χ0v) is 16.4. The molecule has 1 aliphatic heterocycles. The van der Waals surface area contributed by atoms with E-state index in [1.54, 1.807) is 0 Å². The molecule has 0 radical (unpaired) electrons. The fourth-order valence-corrected chi connectivity index (χ4v) is 3.02. The number of aliphatic hydroxyl groups excluding tert-OH is 3. The van der Waals surface area contributed by atoms with Gasteiger partial charge in [-0.25, -0.2) is 14.4 Å². The van der Waals surface area contributed by atoms with Crippen molar-refractivity contribution in [1.29, 1.82) is 0 Å². The molecule has 162 valence electrons. The summed E-state index contributed by atoms with van der Waals surface area (Å²) in [4.78, 5) is 56.2. The molecule has 1 saturated heterocycles. The second kappa shape index (κ2) is 8.36. The number of rotatable bonds is 2. The number of aromatic nitrogens is 6. The average molecular weight is 490 g/mol. The molecule has 4 atom stereocenters. The summed E-state index contributed by atoms with van der Waals surface area (Å²) in [6, 6.07) is 0. The van der Waals surface area contributed by atoms with E-state index in [0.29, 0.717) is 4.47 Å². The first kappa shape index (κ1) is 21.7. The van der Waals surface area contributed by atoms with Crippen molar-refractivity contribution in [3.05, 3.63) is 52.5 Å². The molecule has 4 heterocycles. The van der Waals surface area contributed by atoms with Crippen molar-refractivity contribution >= 4 is 32.9 Å². The van der Waals surface area contributed by atoms with Gasteiger partial charge in [0.25, 0.3) is 5.56 Å². The Bertz CT molecular complexity index is 1290. The normalized spacial score (nSPS) is 23.3. The van der Waals surface area contributed by atoms with E-state index in [1.807, 2.05) is 4.98 Å². The number of aromatic amines is 4. The largest absolute Gasteiger partial charge is 0.394 e. The topological polar surface area (TPSA) is 245 Å². The van der Waals surface area contributed by atoms with Crippen LogP contribution >= 0.6 is 15.9 Å². The van der Waals surface area contributed by atoms with E-state index in [1.165, 1.54) is 6.20 Å². The quantitative estimate of drug-likeness (QED) is 0.176. The number of aliphatic hydroxyl groups is 3. The molecular formula is C14H16BrN7O8. The number of nitrogens with one attached hydrogen (secondary N) is 4. The Morgan fingerprint density at radius 3 is 2.33 bits per heavy atom. The van der Waals surface area contributed by atoms with Gasteiger partial charge in [0.15, 0.2) is 6.23 Å². The number of H-pyrrole nitrogens is 4. The van der Waals surface area contributed by atoms with Crippen molar-refractivity contribution in [2.75, 3.05) is 12.3 Å². The number of nitrogens with two attached hydrogens (primary N) is 1. The van der Waals surface area contributed by atoms with Crippen LogP contribution < -0.4 is 28.4 Å². The number of nitrogen functional groups attached to an aromatic ring is 1. The van der Waals surface area contributed by atoms with Crippen LogP contribution in [0, 0.1) is 0 Å². The Labute approximate surface area is 172 Å². The second-order valence-electron chi connectivity index (χ2n) is 6.13. The first-order valence-corrected chi connectivity index (χ1v) is 9.03. The molecule has 1 fully saturated rings. The van der Waals surface area contributed by atoms with Gasteiger partial charge in [-0.05, 0) is 15.9 Å². The third-order valence-electron chi connectivity index (χ3n) is 4.15. The number of fused-ring (bicyclic) bond motifs is 1. The minimum Gasteiger partial charge on any atom is -0.394 e. The zero-order valence-electron chi connectivity index (χ0n) is 14.8. The molecule has 0 amide bonds. The summed E-state index contributed by atoms with van der Waals surface area (Å²) in [6.45, 7) is -0.465. The van der Waals surface area contributed by atoms with E-state index >= 15 is 0 Å². The molecule has 9 N–H and O–H groups in total. The summed E-state index contributed by atoms with van der Waals surface area (Å²) in [5.41, 5.74) is 3.07. The van der Waals surface area contributed by atoms with Gasteiger partial charge < -0.3 is 25.8 Å². The lowest BCUT2D eigenvalue weighted by Gasteiger charge is -2.17. The highest BCUT2D eigenvalue weighted by molar-refractivity contribution is 9.10. The standard InChI is InChI=1S/C9H12BrN3O5.C5H4N4O3/c10-3-1-13(9(17)12-7(3)11)8-6(16)5(15)4(2-14)18-8;10-3-1-2(7-4(11)6-1)8-5(12)9-3/h1,4-6,8,14-16H,2H2,(H2,11,12,17);(H4,6,7,8,9,10,11,12)/t4-,5-,6-,8?;/m1./s1. The molecule has 0 bridgehead atoms. The van der Waals surface area contributed by atoms with Gasteiger partial charge in [-0.15, -0.1) is 0 Å². The molecule has 16 heteroatoms. The Hall–Kier alpha value is -3.05. The van der Waals surface area contributed by atoms with Crippen molar-refractivity contribution in [3.8, 4) is 0 Å². The van der Waals surface area contributed by atoms with Gasteiger partial charge in [-0.3, -0.25) is 29.3 Å². The lowest BCUT2D eigenvalue weighted by Crippen LogP contribution is -2.36. The van der Waals surface area contributed by atoms with Gasteiger partial charge in [-0.1, -0.05) is 0 Å². The molecule has 1 aliphatic rings. The third kappa shape index (κ3) is 4.12. The van der Waals surface area contributed by atoms with Crippen molar-refractivity contribution in [2.45, 2.75) is 24.5 Å². The predicted molar refractivity (Wildman–Crippen MR) is 104 cm³/mol. The van der Waals surface area contributed by atoms with Crippen molar-refractivity contribution < 1.29 is 20.1 Å². The number of imidazole rings is 1. The van der Waals surface area contributed by atoms with E-state index in [2.05, 4.69) is 35.9 Å². The van der Waals surface area contributed by atoms with Gasteiger partial charge >= 0.3 is 17.1 Å². The van der Waals surface area contributed by atoms with E-state index in [9.17, 15) is 29.4 Å². The van der Waals surface area contributed by atoms with Gasteiger partial charge in [-0.2, -0.15) is 4.98 Å². The molecule has 30 heavy (non-hydrogen) atoms. The van der Waals surface area contributed by atoms with Crippen molar-refractivity contribution in [3.63, 3.8) is 0 Å². The van der Waals surface area contributed by atoms with Gasteiger partial charge in [0.05, 0.1) is 11.1 Å². The van der Waals surface area contributed by atoms with Crippen LogP contribution in [-0.4, -0.2) is 69.7 Å². The molecular weight excluding hydrogens is 474 g/mol. The maximum Gasteiger partial charge on any atom is 0.351 e. The average Bonchev–Trinajstić information content (AvgIpc) is 3.19. The van der Waals surface area contributed by atoms with Crippen LogP contribution in [-0.2, 0) is 4.74 Å². The number of hydrogen-bond donors (Lipinski definition) is 8. The summed E-state index contributed by atoms with van der Waals surface area (Å²) < 4.78 is 6.57. The minimum absolute atomic E-state index is 0.0167. The summed E-state index contributed by atoms with van der Waals surface area (Å²) in [5.74, 6) is 0.0167. The molecule has 0 aliphatic carbocycles. The van der Waals surface area contributed by atoms with Crippen molar-refractivity contribution in [2.24, 2.45) is 0 Å². The van der Waals surface area contributed by atoms with Gasteiger partial charge in [0.2, 0.25) is 0 Å². The van der Waals surface area contributed by atoms with Crippen LogP contribution in [0.15, 0.2) is 29.8 Å². The van der Waals surface area contributed by atoms with Crippen LogP contribution in [0.2, 0.25) is 0 Å². The maximum absolute atomic E-state index is 11.6. The minimum atomic E-state index is -1.34. The Balaban J connectivity index is 0.000000184. The second-order valence-corrected chi connectivity index (χ2v) is 6.98. The lowest BCUT2D eigenvalue weighted by molar-refractivity contribution is -0.0550. The molecule has 3 aromatic heterocycles. The van der Waals surface area contributed by atoms with Crippen LogP contribution in [0.25, 0.3) is 11.2 Å². The highest BCUT2D eigenvalue weighted by atomic mass is 79.9. The highest BCUT2D eigenvalue weighted by Gasteiger charge is 2.43. The Morgan fingerprint density at radius 1 is 1.10 bits per heavy atom. The van der Waals surface area contributed by atoms with E-state index in [-0.39, 0.29) is 17.0 Å². The number of ether oxygens (including phenoxy) is 1. The third-order valence-corrected chi connectivity index (χ3v) is 4.76.